The van der Waals surface area contributed by atoms with Crippen molar-refractivity contribution in [1.82, 2.24) is 25.5 Å². The van der Waals surface area contributed by atoms with Crippen LogP contribution in [-0.4, -0.2) is 75.8 Å². The Labute approximate surface area is 290 Å². The number of rotatable bonds is 11. The van der Waals surface area contributed by atoms with Crippen LogP contribution in [0.25, 0.3) is 11.0 Å². The Hall–Kier alpha value is -5.01. The van der Waals surface area contributed by atoms with Crippen LogP contribution in [0.2, 0.25) is 0 Å². The molecular weight excluding hydrogens is 641 g/mol. The molecule has 0 aliphatic carbocycles. The highest BCUT2D eigenvalue weighted by atomic mass is 19.1. The quantitative estimate of drug-likeness (QED) is 0.152. The smallest absolute Gasteiger partial charge is 0.407 e. The first-order chi connectivity index (χ1) is 24.0. The van der Waals surface area contributed by atoms with Gasteiger partial charge in [0.15, 0.2) is 0 Å². The van der Waals surface area contributed by atoms with Gasteiger partial charge < -0.3 is 40.6 Å². The molecule has 3 aromatic carbocycles. The number of carbonyl (C=O) groups is 3. The normalized spacial score (nSPS) is 18.2. The van der Waals surface area contributed by atoms with Crippen LogP contribution in [0.1, 0.15) is 62.5 Å². The molecule has 2 saturated heterocycles. The van der Waals surface area contributed by atoms with Crippen LogP contribution in [0.3, 0.4) is 0 Å². The number of hydrogen-bond donors (Lipinski definition) is 5. The SMILES string of the molecule is COC(=O)N[C@H](C(=O)N1CCC[C@H]1c1nc2ccc(CN(Cc3ccc(NC(=O)[C@@H]4CCCN4)cc3)c3ccc(F)cc3)cc2[nH]1)C(C)(C)O. The van der Waals surface area contributed by atoms with Crippen molar-refractivity contribution >= 4 is 40.3 Å². The van der Waals surface area contributed by atoms with E-state index in [9.17, 15) is 23.9 Å². The number of H-pyrrole nitrogens is 1. The summed E-state index contributed by atoms with van der Waals surface area (Å²) in [6.07, 6.45) is 2.44. The Morgan fingerprint density at radius 1 is 1.04 bits per heavy atom. The third-order valence-electron chi connectivity index (χ3n) is 9.35. The third-order valence-corrected chi connectivity index (χ3v) is 9.35. The van der Waals surface area contributed by atoms with E-state index in [-0.39, 0.29) is 23.8 Å². The van der Waals surface area contributed by atoms with Gasteiger partial charge in [-0.05, 0) is 106 Å². The largest absolute Gasteiger partial charge is 0.453 e. The molecule has 0 spiro atoms. The van der Waals surface area contributed by atoms with Gasteiger partial charge in [-0.1, -0.05) is 18.2 Å². The minimum atomic E-state index is -1.53. The minimum absolute atomic E-state index is 0.0262. The molecule has 0 radical (unpaired) electrons. The summed E-state index contributed by atoms with van der Waals surface area (Å²) in [5.74, 6) is -0.127. The Morgan fingerprint density at radius 2 is 1.76 bits per heavy atom. The first-order valence-corrected chi connectivity index (χ1v) is 17.0. The van der Waals surface area contributed by atoms with Crippen LogP contribution in [0.15, 0.2) is 66.7 Å². The number of benzene rings is 3. The van der Waals surface area contributed by atoms with E-state index in [0.29, 0.717) is 31.9 Å². The van der Waals surface area contributed by atoms with Crippen LogP contribution in [0.4, 0.5) is 20.6 Å². The minimum Gasteiger partial charge on any atom is -0.453 e. The van der Waals surface area contributed by atoms with E-state index in [1.807, 2.05) is 42.5 Å². The van der Waals surface area contributed by atoms with E-state index in [2.05, 4.69) is 25.8 Å². The number of hydrogen-bond acceptors (Lipinski definition) is 8. The predicted molar refractivity (Wildman–Crippen MR) is 188 cm³/mol. The zero-order chi connectivity index (χ0) is 35.4. The molecule has 4 aromatic rings. The number of alkyl carbamates (subject to hydrolysis) is 1. The van der Waals surface area contributed by atoms with E-state index in [0.717, 1.165) is 59.3 Å². The number of halogens is 1. The summed E-state index contributed by atoms with van der Waals surface area (Å²) in [4.78, 5) is 50.2. The fourth-order valence-corrected chi connectivity index (χ4v) is 6.69. The van der Waals surface area contributed by atoms with Crippen molar-refractivity contribution in [2.75, 3.05) is 30.4 Å². The average Bonchev–Trinajstić information content (AvgIpc) is 3.88. The fraction of sp³-hybridized carbons (Fsp3) is 0.405. The number of ether oxygens (including phenoxy) is 1. The molecule has 0 saturated carbocycles. The monoisotopic (exact) mass is 685 g/mol. The van der Waals surface area contributed by atoms with Gasteiger partial charge in [0.2, 0.25) is 11.8 Å². The van der Waals surface area contributed by atoms with E-state index >= 15 is 0 Å². The number of imidazole rings is 1. The highest BCUT2D eigenvalue weighted by Crippen LogP contribution is 2.33. The molecule has 2 aliphatic heterocycles. The van der Waals surface area contributed by atoms with Gasteiger partial charge in [-0.2, -0.15) is 0 Å². The van der Waals surface area contributed by atoms with E-state index in [1.54, 1.807) is 17.0 Å². The van der Waals surface area contributed by atoms with E-state index in [4.69, 9.17) is 9.72 Å². The van der Waals surface area contributed by atoms with Crippen LogP contribution in [0, 0.1) is 5.82 Å². The summed E-state index contributed by atoms with van der Waals surface area (Å²) in [5.41, 5.74) is 3.63. The van der Waals surface area contributed by atoms with Crippen molar-refractivity contribution in [3.8, 4) is 0 Å². The maximum absolute atomic E-state index is 13.9. The number of aromatic amines is 1. The van der Waals surface area contributed by atoms with Crippen LogP contribution < -0.4 is 20.9 Å². The number of methoxy groups -OCH3 is 1. The molecule has 2 aliphatic rings. The van der Waals surface area contributed by atoms with Crippen LogP contribution >= 0.6 is 0 Å². The van der Waals surface area contributed by atoms with E-state index < -0.39 is 23.6 Å². The molecule has 3 heterocycles. The standard InChI is InChI=1S/C37H44FN7O5/c1-37(2,49)32(43-36(48)50-3)35(47)45-19-5-7-31(45)33-41-28-17-10-24(20-30(28)42-33)22-44(27-15-11-25(38)12-16-27)21-23-8-13-26(14-9-23)40-34(46)29-6-4-18-39-29/h8-17,20,29,31-32,39,49H,4-7,18-19,21-22H2,1-3H3,(H,40,46)(H,41,42)(H,43,48)/t29-,31-,32+/m0/s1. The Morgan fingerprint density at radius 3 is 2.44 bits per heavy atom. The summed E-state index contributed by atoms with van der Waals surface area (Å²) >= 11 is 0. The van der Waals surface area contributed by atoms with Crippen molar-refractivity contribution in [3.05, 3.63) is 89.5 Å². The van der Waals surface area contributed by atoms with Crippen LogP contribution in [0.5, 0.6) is 0 Å². The molecule has 50 heavy (non-hydrogen) atoms. The fourth-order valence-electron chi connectivity index (χ4n) is 6.69. The number of amides is 3. The number of aliphatic hydroxyl groups is 1. The summed E-state index contributed by atoms with van der Waals surface area (Å²) in [6.45, 7) is 5.31. The molecule has 0 bridgehead atoms. The van der Waals surface area contributed by atoms with Crippen molar-refractivity contribution in [1.29, 1.82) is 0 Å². The number of fused-ring (bicyclic) bond motifs is 1. The molecule has 264 valence electrons. The van der Waals surface area contributed by atoms with Gasteiger partial charge in [-0.25, -0.2) is 14.2 Å². The summed E-state index contributed by atoms with van der Waals surface area (Å²) < 4.78 is 18.6. The average molecular weight is 686 g/mol. The van der Waals surface area contributed by atoms with Gasteiger partial charge in [0.25, 0.3) is 0 Å². The summed E-state index contributed by atoms with van der Waals surface area (Å²) in [7, 11) is 1.21. The summed E-state index contributed by atoms with van der Waals surface area (Å²) in [6, 6.07) is 18.4. The lowest BCUT2D eigenvalue weighted by atomic mass is 9.97. The zero-order valence-corrected chi connectivity index (χ0v) is 28.5. The lowest BCUT2D eigenvalue weighted by Crippen LogP contribution is -2.58. The maximum Gasteiger partial charge on any atom is 0.407 e. The molecule has 0 unspecified atom stereocenters. The van der Waals surface area contributed by atoms with Crippen molar-refractivity contribution in [2.24, 2.45) is 0 Å². The van der Waals surface area contributed by atoms with Crippen molar-refractivity contribution < 1.29 is 28.6 Å². The van der Waals surface area contributed by atoms with Crippen LogP contribution in [-0.2, 0) is 27.4 Å². The highest BCUT2D eigenvalue weighted by Gasteiger charge is 2.42. The molecule has 3 atom stereocenters. The van der Waals surface area contributed by atoms with Gasteiger partial charge >= 0.3 is 6.09 Å². The topological polar surface area (TPSA) is 152 Å². The van der Waals surface area contributed by atoms with Gasteiger partial charge in [-0.15, -0.1) is 0 Å². The molecule has 2 fully saturated rings. The first-order valence-electron chi connectivity index (χ1n) is 17.0. The number of likely N-dealkylation sites (tertiary alicyclic amines) is 1. The third kappa shape index (κ3) is 8.06. The highest BCUT2D eigenvalue weighted by molar-refractivity contribution is 5.95. The molecule has 1 aromatic heterocycles. The lowest BCUT2D eigenvalue weighted by Gasteiger charge is -2.34. The van der Waals surface area contributed by atoms with E-state index in [1.165, 1.54) is 33.1 Å². The molecule has 13 heteroatoms. The zero-order valence-electron chi connectivity index (χ0n) is 28.5. The second-order valence-electron chi connectivity index (χ2n) is 13.6. The lowest BCUT2D eigenvalue weighted by molar-refractivity contribution is -0.140. The maximum atomic E-state index is 13.9. The van der Waals surface area contributed by atoms with Gasteiger partial charge in [-0.3, -0.25) is 9.59 Å². The second kappa shape index (κ2) is 14.9. The molecule has 5 N–H and O–H groups in total. The molecule has 6 rings (SSSR count). The van der Waals surface area contributed by atoms with Crippen molar-refractivity contribution in [2.45, 2.75) is 76.3 Å². The number of aromatic nitrogens is 2. The van der Waals surface area contributed by atoms with Gasteiger partial charge in [0.1, 0.15) is 17.7 Å². The number of nitrogens with one attached hydrogen (secondary N) is 4. The molecule has 12 nitrogen and oxygen atoms in total. The Bertz CT molecular complexity index is 1820. The predicted octanol–water partition coefficient (Wildman–Crippen LogP) is 4.76. The van der Waals surface area contributed by atoms with Crippen molar-refractivity contribution in [3.63, 3.8) is 0 Å². The Balaban J connectivity index is 1.19. The first kappa shape index (κ1) is 34.8. The second-order valence-corrected chi connectivity index (χ2v) is 13.6. The molecule has 3 amide bonds. The number of carbonyl (C=O) groups excluding carboxylic acids is 3. The number of anilines is 2. The number of nitrogens with zero attached hydrogens (tertiary/aromatic N) is 3. The summed E-state index contributed by atoms with van der Waals surface area (Å²) in [5, 5.41) is 19.4. The molecular formula is C37H44FN7O5. The van der Waals surface area contributed by atoms with Gasteiger partial charge in [0.05, 0.1) is 35.8 Å². The Kier molecular flexibility index (Phi) is 10.3. The van der Waals surface area contributed by atoms with Gasteiger partial charge in [0, 0.05) is 31.0 Å².